The van der Waals surface area contributed by atoms with E-state index in [9.17, 15) is 17.6 Å². The molecule has 1 saturated heterocycles. The van der Waals surface area contributed by atoms with Crippen LogP contribution in [0.4, 0.5) is 4.39 Å². The number of amidine groups is 1. The Morgan fingerprint density at radius 1 is 1.30 bits per heavy atom. The van der Waals surface area contributed by atoms with Crippen molar-refractivity contribution in [3.8, 4) is 0 Å². The van der Waals surface area contributed by atoms with E-state index in [1.165, 1.54) is 4.90 Å². The predicted molar refractivity (Wildman–Crippen MR) is 87.8 cm³/mol. The van der Waals surface area contributed by atoms with Gasteiger partial charge in [-0.1, -0.05) is 0 Å². The lowest BCUT2D eigenvalue weighted by Crippen LogP contribution is -2.29. The van der Waals surface area contributed by atoms with Crippen LogP contribution < -0.4 is 0 Å². The molecule has 1 aliphatic rings. The first-order valence-corrected chi connectivity index (χ1v) is 8.98. The van der Waals surface area contributed by atoms with Gasteiger partial charge in [-0.3, -0.25) is 9.69 Å². The van der Waals surface area contributed by atoms with Gasteiger partial charge < -0.3 is 4.90 Å². The van der Waals surface area contributed by atoms with Crippen molar-refractivity contribution in [3.63, 3.8) is 0 Å². The van der Waals surface area contributed by atoms with Crippen molar-refractivity contribution in [1.29, 1.82) is 0 Å². The van der Waals surface area contributed by atoms with Gasteiger partial charge in [0.05, 0.1) is 9.80 Å². The van der Waals surface area contributed by atoms with Crippen LogP contribution in [-0.4, -0.2) is 49.9 Å². The normalized spacial score (nSPS) is 19.0. The maximum absolute atomic E-state index is 12.9. The van der Waals surface area contributed by atoms with E-state index in [0.717, 1.165) is 36.0 Å². The average Bonchev–Trinajstić information content (AvgIpc) is 2.73. The predicted octanol–water partition coefficient (Wildman–Crippen LogP) is 1.87. The third-order valence-electron chi connectivity index (χ3n) is 2.89. The molecule has 2 rings (SSSR count). The summed E-state index contributed by atoms with van der Waals surface area (Å²) in [5, 5.41) is 0.0925. The molecule has 0 saturated carbocycles. The maximum Gasteiger partial charge on any atom is 0.284 e. The van der Waals surface area contributed by atoms with Gasteiger partial charge in [-0.05, 0) is 43.0 Å². The second kappa shape index (κ2) is 6.71. The highest BCUT2D eigenvalue weighted by Gasteiger charge is 2.34. The number of halogens is 1. The molecule has 0 N–H and O–H groups in total. The van der Waals surface area contributed by atoms with Gasteiger partial charge >= 0.3 is 0 Å². The molecule has 0 atom stereocenters. The first kappa shape index (κ1) is 17.5. The molecule has 0 bridgehead atoms. The number of hydrogen-bond donors (Lipinski definition) is 0. The average molecular weight is 357 g/mol. The third-order valence-corrected chi connectivity index (χ3v) is 5.28. The van der Waals surface area contributed by atoms with E-state index >= 15 is 0 Å². The van der Waals surface area contributed by atoms with Crippen LogP contribution in [0.15, 0.2) is 44.7 Å². The summed E-state index contributed by atoms with van der Waals surface area (Å²) >= 11 is 0.997. The molecular weight excluding hydrogens is 341 g/mol. The Labute approximate surface area is 138 Å². The molecule has 0 radical (unpaired) electrons. The van der Waals surface area contributed by atoms with Gasteiger partial charge in [0.2, 0.25) is 0 Å². The molecule has 0 unspecified atom stereocenters. The highest BCUT2D eigenvalue weighted by molar-refractivity contribution is 8.19. The van der Waals surface area contributed by atoms with Crippen molar-refractivity contribution >= 4 is 32.9 Å². The summed E-state index contributed by atoms with van der Waals surface area (Å²) in [5.41, 5.74) is 0. The van der Waals surface area contributed by atoms with Crippen molar-refractivity contribution in [1.82, 2.24) is 9.80 Å². The van der Waals surface area contributed by atoms with Crippen LogP contribution in [0.3, 0.4) is 0 Å². The number of likely N-dealkylation sites (N-methyl/N-ethyl adjacent to an activating group) is 1. The summed E-state index contributed by atoms with van der Waals surface area (Å²) in [6.07, 6.45) is 1.61. The second-order valence-electron chi connectivity index (χ2n) is 4.91. The first-order valence-electron chi connectivity index (χ1n) is 6.73. The van der Waals surface area contributed by atoms with Gasteiger partial charge in [-0.25, -0.2) is 4.39 Å². The lowest BCUT2D eigenvalue weighted by atomic mass is 10.4. The number of amides is 1. The van der Waals surface area contributed by atoms with Gasteiger partial charge in [0, 0.05) is 26.8 Å². The van der Waals surface area contributed by atoms with Crippen molar-refractivity contribution in [2.45, 2.75) is 11.8 Å². The molecule has 1 aromatic rings. The maximum atomic E-state index is 12.9. The van der Waals surface area contributed by atoms with Gasteiger partial charge in [-0.2, -0.15) is 8.42 Å². The zero-order valence-corrected chi connectivity index (χ0v) is 14.5. The fraction of sp³-hybridized carbons (Fsp3) is 0.286. The summed E-state index contributed by atoms with van der Waals surface area (Å²) < 4.78 is 41.3. The second-order valence-corrected chi connectivity index (χ2v) is 7.52. The van der Waals surface area contributed by atoms with Crippen LogP contribution in [0.25, 0.3) is 0 Å². The summed E-state index contributed by atoms with van der Waals surface area (Å²) in [6, 6.07) is 4.38. The molecule has 1 aromatic carbocycles. The smallest absolute Gasteiger partial charge is 0.284 e. The standard InChI is InChI=1S/C14H16FN3O3S2/c1-4-18-13(19)12(9-17(2)3)22-14(18)16-23(20,21)11-7-5-10(15)6-8-11/h5-9H,4H2,1-3H3/b12-9+,16-14+. The molecule has 0 spiro atoms. The Balaban J connectivity index is 2.41. The molecule has 0 aliphatic carbocycles. The van der Waals surface area contributed by atoms with Crippen LogP contribution in [0.5, 0.6) is 0 Å². The molecule has 6 nitrogen and oxygen atoms in total. The molecule has 124 valence electrons. The van der Waals surface area contributed by atoms with E-state index in [1.807, 2.05) is 0 Å². The number of carbonyl (C=O) groups is 1. The minimum Gasteiger partial charge on any atom is -0.382 e. The Bertz CT molecular complexity index is 771. The summed E-state index contributed by atoms with van der Waals surface area (Å²) in [7, 11) is -0.482. The summed E-state index contributed by atoms with van der Waals surface area (Å²) in [5.74, 6) is -0.826. The lowest BCUT2D eigenvalue weighted by Gasteiger charge is -2.12. The minimum absolute atomic E-state index is 0.0925. The van der Waals surface area contributed by atoms with Gasteiger partial charge in [0.15, 0.2) is 5.17 Å². The Kier molecular flexibility index (Phi) is 5.10. The zero-order valence-electron chi connectivity index (χ0n) is 12.9. The number of carbonyl (C=O) groups excluding carboxylic acids is 1. The van der Waals surface area contributed by atoms with Gasteiger partial charge in [0.1, 0.15) is 5.82 Å². The molecule has 0 aromatic heterocycles. The van der Waals surface area contributed by atoms with Crippen LogP contribution in [-0.2, 0) is 14.8 Å². The van der Waals surface area contributed by atoms with E-state index in [2.05, 4.69) is 4.40 Å². The molecule has 1 heterocycles. The van der Waals surface area contributed by atoms with Gasteiger partial charge in [0.25, 0.3) is 15.9 Å². The molecule has 1 amide bonds. The Morgan fingerprint density at radius 3 is 2.43 bits per heavy atom. The monoisotopic (exact) mass is 357 g/mol. The van der Waals surface area contributed by atoms with Crippen molar-refractivity contribution in [3.05, 3.63) is 41.2 Å². The number of rotatable bonds is 4. The fourth-order valence-electron chi connectivity index (χ4n) is 1.84. The number of thioether (sulfide) groups is 1. The van der Waals surface area contributed by atoms with Crippen molar-refractivity contribution in [2.75, 3.05) is 20.6 Å². The van der Waals surface area contributed by atoms with Gasteiger partial charge in [-0.15, -0.1) is 4.40 Å². The topological polar surface area (TPSA) is 70.1 Å². The molecule has 9 heteroatoms. The summed E-state index contributed by atoms with van der Waals surface area (Å²) in [6.45, 7) is 2.03. The van der Waals surface area contributed by atoms with Crippen LogP contribution >= 0.6 is 11.8 Å². The Morgan fingerprint density at radius 2 is 1.91 bits per heavy atom. The van der Waals surface area contributed by atoms with E-state index < -0.39 is 15.8 Å². The van der Waals surface area contributed by atoms with Crippen LogP contribution in [0.1, 0.15) is 6.92 Å². The highest BCUT2D eigenvalue weighted by atomic mass is 32.2. The van der Waals surface area contributed by atoms with E-state index in [4.69, 9.17) is 0 Å². The number of nitrogens with zero attached hydrogens (tertiary/aromatic N) is 3. The van der Waals surface area contributed by atoms with Crippen LogP contribution in [0, 0.1) is 5.82 Å². The lowest BCUT2D eigenvalue weighted by molar-refractivity contribution is -0.122. The molecule has 23 heavy (non-hydrogen) atoms. The first-order chi connectivity index (χ1) is 10.7. The quantitative estimate of drug-likeness (QED) is 0.770. The molecule has 1 aliphatic heterocycles. The van der Waals surface area contributed by atoms with Crippen molar-refractivity contribution in [2.24, 2.45) is 4.40 Å². The van der Waals surface area contributed by atoms with Crippen molar-refractivity contribution < 1.29 is 17.6 Å². The minimum atomic E-state index is -4.01. The SMILES string of the molecule is CCN1C(=O)/C(=C\N(C)C)S/C1=N/S(=O)(=O)c1ccc(F)cc1. The highest BCUT2D eigenvalue weighted by Crippen LogP contribution is 2.32. The molecular formula is C14H16FN3O3S2. The molecule has 1 fully saturated rings. The number of benzene rings is 1. The summed E-state index contributed by atoms with van der Waals surface area (Å²) in [4.78, 5) is 15.5. The number of hydrogen-bond acceptors (Lipinski definition) is 5. The largest absolute Gasteiger partial charge is 0.382 e. The van der Waals surface area contributed by atoms with Crippen LogP contribution in [0.2, 0.25) is 0 Å². The third kappa shape index (κ3) is 3.91. The van der Waals surface area contributed by atoms with E-state index in [-0.39, 0.29) is 16.0 Å². The number of sulfonamides is 1. The van der Waals surface area contributed by atoms with E-state index in [1.54, 1.807) is 32.1 Å². The van der Waals surface area contributed by atoms with E-state index in [0.29, 0.717) is 11.4 Å². The fourth-order valence-corrected chi connectivity index (χ4v) is 4.15. The zero-order chi connectivity index (χ0) is 17.2. The Hall–Kier alpha value is -1.87.